The van der Waals surface area contributed by atoms with Crippen LogP contribution < -0.4 is 4.72 Å². The van der Waals surface area contributed by atoms with Crippen LogP contribution in [-0.2, 0) is 10.0 Å². The van der Waals surface area contributed by atoms with E-state index in [1.807, 2.05) is 6.92 Å². The first-order valence-electron chi connectivity index (χ1n) is 7.08. The van der Waals surface area contributed by atoms with Gasteiger partial charge in [0, 0.05) is 12.6 Å². The monoisotopic (exact) mass is 285 g/mol. The van der Waals surface area contributed by atoms with Gasteiger partial charge in [-0.15, -0.1) is 0 Å². The van der Waals surface area contributed by atoms with Gasteiger partial charge in [-0.05, 0) is 45.7 Å². The van der Waals surface area contributed by atoms with E-state index in [1.165, 1.54) is 19.3 Å². The quantitative estimate of drug-likeness (QED) is 0.792. The topological polar surface area (TPSA) is 73.2 Å². The van der Waals surface area contributed by atoms with E-state index in [2.05, 4.69) is 15.7 Å². The van der Waals surface area contributed by atoms with Gasteiger partial charge in [0.25, 0.3) is 0 Å². The molecule has 0 spiro atoms. The summed E-state index contributed by atoms with van der Waals surface area (Å²) in [6, 6.07) is 2.05. The van der Waals surface area contributed by atoms with Gasteiger partial charge in [0.2, 0.25) is 10.0 Å². The fraction of sp³-hybridized carbons (Fsp3) is 0.923. The van der Waals surface area contributed by atoms with Crippen molar-refractivity contribution in [1.82, 2.24) is 9.62 Å². The van der Waals surface area contributed by atoms with Crippen LogP contribution in [0.25, 0.3) is 0 Å². The SMILES string of the molecule is CC(CN1CCCCC1)NS(=O)(=O)CC1(C#N)CC1. The molecule has 1 heterocycles. The summed E-state index contributed by atoms with van der Waals surface area (Å²) in [5.74, 6) is -0.0408. The van der Waals surface area contributed by atoms with E-state index in [4.69, 9.17) is 5.26 Å². The molecule has 1 unspecified atom stereocenters. The average Bonchev–Trinajstić information content (AvgIpc) is 3.09. The van der Waals surface area contributed by atoms with Crippen molar-refractivity contribution in [3.05, 3.63) is 0 Å². The van der Waals surface area contributed by atoms with E-state index in [-0.39, 0.29) is 11.8 Å². The summed E-state index contributed by atoms with van der Waals surface area (Å²) in [5.41, 5.74) is -0.601. The van der Waals surface area contributed by atoms with Crippen LogP contribution in [0.2, 0.25) is 0 Å². The van der Waals surface area contributed by atoms with E-state index in [0.717, 1.165) is 19.6 Å². The molecule has 1 saturated carbocycles. The Kier molecular flexibility index (Phi) is 4.49. The number of sulfonamides is 1. The lowest BCUT2D eigenvalue weighted by Gasteiger charge is -2.29. The Bertz CT molecular complexity index is 445. The van der Waals surface area contributed by atoms with Gasteiger partial charge in [-0.25, -0.2) is 13.1 Å². The summed E-state index contributed by atoms with van der Waals surface area (Å²) in [5, 5.41) is 8.96. The maximum Gasteiger partial charge on any atom is 0.213 e. The van der Waals surface area contributed by atoms with Crippen LogP contribution in [0.15, 0.2) is 0 Å². The van der Waals surface area contributed by atoms with Gasteiger partial charge >= 0.3 is 0 Å². The minimum absolute atomic E-state index is 0.0408. The smallest absolute Gasteiger partial charge is 0.213 e. The zero-order valence-corrected chi connectivity index (χ0v) is 12.4. The third kappa shape index (κ3) is 4.44. The van der Waals surface area contributed by atoms with E-state index in [9.17, 15) is 8.42 Å². The molecule has 5 nitrogen and oxygen atoms in total. The maximum absolute atomic E-state index is 12.0. The molecule has 1 N–H and O–H groups in total. The van der Waals surface area contributed by atoms with Crippen LogP contribution in [0.4, 0.5) is 0 Å². The van der Waals surface area contributed by atoms with Crippen LogP contribution >= 0.6 is 0 Å². The Balaban J connectivity index is 1.80. The van der Waals surface area contributed by atoms with Crippen molar-refractivity contribution in [3.63, 3.8) is 0 Å². The number of piperidine rings is 1. The van der Waals surface area contributed by atoms with Gasteiger partial charge in [0.15, 0.2) is 0 Å². The van der Waals surface area contributed by atoms with E-state index in [1.54, 1.807) is 0 Å². The van der Waals surface area contributed by atoms with Crippen molar-refractivity contribution in [2.24, 2.45) is 5.41 Å². The molecule has 2 rings (SSSR count). The van der Waals surface area contributed by atoms with Gasteiger partial charge in [-0.3, -0.25) is 0 Å². The third-order valence-electron chi connectivity index (χ3n) is 3.92. The van der Waals surface area contributed by atoms with Crippen molar-refractivity contribution in [2.45, 2.75) is 45.1 Å². The summed E-state index contributed by atoms with van der Waals surface area (Å²) in [6.45, 7) is 4.79. The number of nitrogens with zero attached hydrogens (tertiary/aromatic N) is 2. The van der Waals surface area contributed by atoms with Crippen LogP contribution in [0.5, 0.6) is 0 Å². The van der Waals surface area contributed by atoms with E-state index >= 15 is 0 Å². The molecular weight excluding hydrogens is 262 g/mol. The van der Waals surface area contributed by atoms with Gasteiger partial charge in [-0.2, -0.15) is 5.26 Å². The molecule has 0 aromatic carbocycles. The minimum atomic E-state index is -3.34. The second-order valence-corrected chi connectivity index (χ2v) is 7.79. The predicted molar refractivity (Wildman–Crippen MR) is 74.0 cm³/mol. The second-order valence-electron chi connectivity index (χ2n) is 6.03. The lowest BCUT2D eigenvalue weighted by Crippen LogP contribution is -2.45. The first kappa shape index (κ1) is 14.8. The third-order valence-corrected chi connectivity index (χ3v) is 5.61. The standard InChI is InChI=1S/C13H23N3O2S/c1-12(9-16-7-3-2-4-8-16)15-19(17,18)11-13(10-14)5-6-13/h12,15H,2-9,11H2,1H3. The molecule has 1 saturated heterocycles. The fourth-order valence-electron chi connectivity index (χ4n) is 2.72. The van der Waals surface area contributed by atoms with Crippen LogP contribution in [0.1, 0.15) is 39.0 Å². The van der Waals surface area contributed by atoms with Crippen LogP contribution in [0.3, 0.4) is 0 Å². The van der Waals surface area contributed by atoms with Gasteiger partial charge < -0.3 is 4.90 Å². The predicted octanol–water partition coefficient (Wildman–Crippen LogP) is 1.08. The highest BCUT2D eigenvalue weighted by Gasteiger charge is 2.47. The molecule has 108 valence electrons. The van der Waals surface area contributed by atoms with Gasteiger partial charge in [0.1, 0.15) is 0 Å². The van der Waals surface area contributed by atoms with Crippen LogP contribution in [0, 0.1) is 16.7 Å². The molecule has 2 aliphatic rings. The highest BCUT2D eigenvalue weighted by Crippen LogP contribution is 2.45. The lowest BCUT2D eigenvalue weighted by atomic mass is 10.1. The number of nitrogens with one attached hydrogen (secondary N) is 1. The van der Waals surface area contributed by atoms with E-state index in [0.29, 0.717) is 12.8 Å². The molecule has 0 aromatic heterocycles. The largest absolute Gasteiger partial charge is 0.302 e. The van der Waals surface area contributed by atoms with Crippen molar-refractivity contribution < 1.29 is 8.42 Å². The first-order chi connectivity index (χ1) is 8.95. The van der Waals surface area contributed by atoms with Gasteiger partial charge in [-0.1, -0.05) is 6.42 Å². The molecule has 1 atom stereocenters. The maximum atomic E-state index is 12.0. The number of rotatable bonds is 6. The molecule has 1 aliphatic carbocycles. The fourth-order valence-corrected chi connectivity index (χ4v) is 4.57. The van der Waals surface area contributed by atoms with Crippen LogP contribution in [-0.4, -0.2) is 44.7 Å². The number of nitriles is 1. The summed E-state index contributed by atoms with van der Waals surface area (Å²) in [4.78, 5) is 2.31. The molecular formula is C13H23N3O2S. The molecule has 0 amide bonds. The first-order valence-corrected chi connectivity index (χ1v) is 8.74. The van der Waals surface area contributed by atoms with Crippen molar-refractivity contribution >= 4 is 10.0 Å². The number of hydrogen-bond acceptors (Lipinski definition) is 4. The van der Waals surface area contributed by atoms with Gasteiger partial charge in [0.05, 0.1) is 17.2 Å². The molecule has 0 radical (unpaired) electrons. The van der Waals surface area contributed by atoms with Crippen molar-refractivity contribution in [2.75, 3.05) is 25.4 Å². The molecule has 0 bridgehead atoms. The zero-order valence-electron chi connectivity index (χ0n) is 11.6. The summed E-state index contributed by atoms with van der Waals surface area (Å²) >= 11 is 0. The average molecular weight is 285 g/mol. The Hall–Kier alpha value is -0.640. The Labute approximate surface area is 116 Å². The van der Waals surface area contributed by atoms with Crippen molar-refractivity contribution in [1.29, 1.82) is 5.26 Å². The number of likely N-dealkylation sites (tertiary alicyclic amines) is 1. The normalized spacial score (nSPS) is 24.6. The Morgan fingerprint density at radius 3 is 2.47 bits per heavy atom. The Morgan fingerprint density at radius 2 is 1.95 bits per heavy atom. The zero-order chi connectivity index (χ0) is 13.9. The summed E-state index contributed by atoms with van der Waals surface area (Å²) < 4.78 is 26.7. The summed E-state index contributed by atoms with van der Waals surface area (Å²) in [7, 11) is -3.34. The molecule has 2 fully saturated rings. The second kappa shape index (κ2) is 5.78. The highest BCUT2D eigenvalue weighted by molar-refractivity contribution is 7.89. The molecule has 0 aromatic rings. The minimum Gasteiger partial charge on any atom is -0.302 e. The molecule has 19 heavy (non-hydrogen) atoms. The number of hydrogen-bond donors (Lipinski definition) is 1. The molecule has 6 heteroatoms. The van der Waals surface area contributed by atoms with E-state index < -0.39 is 15.4 Å². The molecule has 1 aliphatic heterocycles. The Morgan fingerprint density at radius 1 is 1.32 bits per heavy atom. The van der Waals surface area contributed by atoms with Crippen molar-refractivity contribution in [3.8, 4) is 6.07 Å². The highest BCUT2D eigenvalue weighted by atomic mass is 32.2. The summed E-state index contributed by atoms with van der Waals surface area (Å²) in [6.07, 6.45) is 5.12. The lowest BCUT2D eigenvalue weighted by molar-refractivity contribution is 0.215.